The largest absolute Gasteiger partial charge is 0.481 e. The Balaban J connectivity index is 2.40. The Morgan fingerprint density at radius 3 is 1.37 bits per heavy atom. The lowest BCUT2D eigenvalue weighted by atomic mass is 10.0. The van der Waals surface area contributed by atoms with Gasteiger partial charge >= 0.3 is 11.9 Å². The lowest BCUT2D eigenvalue weighted by Crippen LogP contribution is -2.59. The number of carbonyl (C=O) groups is 7. The van der Waals surface area contributed by atoms with Crippen LogP contribution in [-0.2, 0) is 46.4 Å². The average Bonchev–Trinajstić information content (AvgIpc) is 3.22. The molecule has 0 unspecified atom stereocenters. The van der Waals surface area contributed by atoms with Gasteiger partial charge in [0.25, 0.3) is 0 Å². The Labute approximate surface area is 359 Å². The number of nitrogens with one attached hydrogen (secondary N) is 5. The summed E-state index contributed by atoms with van der Waals surface area (Å²) >= 11 is 0. The number of hydrogen-bond acceptors (Lipinski definition) is 11. The zero-order valence-corrected chi connectivity index (χ0v) is 34.5. The van der Waals surface area contributed by atoms with Crippen LogP contribution >= 0.6 is 0 Å². The third kappa shape index (κ3) is 20.4. The van der Waals surface area contributed by atoms with Gasteiger partial charge in [-0.3, -0.25) is 38.8 Å². The van der Waals surface area contributed by atoms with E-state index in [4.69, 9.17) is 34.4 Å². The fourth-order valence-corrected chi connectivity index (χ4v) is 6.07. The molecule has 22 heteroatoms. The molecule has 0 saturated heterocycles. The van der Waals surface area contributed by atoms with Crippen LogP contribution < -0.4 is 61.0 Å². The molecule has 0 heterocycles. The highest BCUT2D eigenvalue weighted by atomic mass is 16.4. The molecule has 62 heavy (non-hydrogen) atoms. The summed E-state index contributed by atoms with van der Waals surface area (Å²) in [4.78, 5) is 100. The quantitative estimate of drug-likeness (QED) is 0.0220. The smallest absolute Gasteiger partial charge is 0.326 e. The molecule has 0 spiro atoms. The summed E-state index contributed by atoms with van der Waals surface area (Å²) in [5.74, 6) is -7.73. The van der Waals surface area contributed by atoms with Crippen molar-refractivity contribution in [1.29, 1.82) is 0 Å². The van der Waals surface area contributed by atoms with Crippen LogP contribution in [0.3, 0.4) is 0 Å². The molecule has 0 aliphatic heterocycles. The number of carbonyl (C=O) groups excluding carboxylic acids is 5. The molecule has 0 aromatic heterocycles. The van der Waals surface area contributed by atoms with Crippen molar-refractivity contribution >= 4 is 53.4 Å². The minimum Gasteiger partial charge on any atom is -0.481 e. The second-order valence-corrected chi connectivity index (χ2v) is 14.4. The molecule has 0 aliphatic carbocycles. The summed E-state index contributed by atoms with van der Waals surface area (Å²) in [7, 11) is 0. The maximum absolute atomic E-state index is 14.0. The van der Waals surface area contributed by atoms with Crippen LogP contribution in [0.25, 0.3) is 0 Å². The molecule has 6 atom stereocenters. The molecular weight excluding hydrogens is 807 g/mol. The van der Waals surface area contributed by atoms with Crippen molar-refractivity contribution in [3.63, 3.8) is 0 Å². The number of guanidine groups is 2. The number of carboxylic acids is 2. The lowest BCUT2D eigenvalue weighted by Gasteiger charge is -2.27. The van der Waals surface area contributed by atoms with Crippen LogP contribution in [0.4, 0.5) is 0 Å². The molecule has 2 aromatic rings. The first kappa shape index (κ1) is 51.3. The highest BCUT2D eigenvalue weighted by Gasteiger charge is 2.34. The van der Waals surface area contributed by atoms with E-state index in [-0.39, 0.29) is 70.0 Å². The highest BCUT2D eigenvalue weighted by molar-refractivity contribution is 5.97. The predicted octanol–water partition coefficient (Wildman–Crippen LogP) is -2.98. The Morgan fingerprint density at radius 2 is 0.919 bits per heavy atom. The van der Waals surface area contributed by atoms with E-state index in [2.05, 4.69) is 36.6 Å². The number of nitrogens with two attached hydrogens (primary N) is 6. The Morgan fingerprint density at radius 1 is 0.516 bits per heavy atom. The van der Waals surface area contributed by atoms with Gasteiger partial charge in [-0.25, -0.2) is 4.79 Å². The monoisotopic (exact) mass is 867 g/mol. The van der Waals surface area contributed by atoms with Crippen LogP contribution in [0.1, 0.15) is 62.5 Å². The maximum Gasteiger partial charge on any atom is 0.326 e. The molecule has 5 amide bonds. The van der Waals surface area contributed by atoms with E-state index in [1.54, 1.807) is 54.6 Å². The van der Waals surface area contributed by atoms with Crippen molar-refractivity contribution in [2.45, 2.75) is 100 Å². The summed E-state index contributed by atoms with van der Waals surface area (Å²) in [6, 6.07) is 9.46. The minimum atomic E-state index is -1.80. The molecule has 0 fully saturated rings. The van der Waals surface area contributed by atoms with E-state index in [0.29, 0.717) is 24.9 Å². The molecule has 0 radical (unpaired) electrons. The molecule has 0 aliphatic rings. The second-order valence-electron chi connectivity index (χ2n) is 14.4. The average molecular weight is 868 g/mol. The van der Waals surface area contributed by atoms with Crippen molar-refractivity contribution in [3.05, 3.63) is 71.8 Å². The van der Waals surface area contributed by atoms with Crippen LogP contribution in [0, 0.1) is 0 Å². The first-order valence-corrected chi connectivity index (χ1v) is 20.1. The molecule has 2 aromatic carbocycles. The van der Waals surface area contributed by atoms with E-state index in [0.717, 1.165) is 5.56 Å². The van der Waals surface area contributed by atoms with Crippen molar-refractivity contribution in [3.8, 4) is 0 Å². The fourth-order valence-electron chi connectivity index (χ4n) is 6.07. The summed E-state index contributed by atoms with van der Waals surface area (Å²) in [5, 5.41) is 32.0. The number of nitrogens with zero attached hydrogens (tertiary/aromatic N) is 2. The van der Waals surface area contributed by atoms with Gasteiger partial charge in [0.1, 0.15) is 30.2 Å². The zero-order valence-electron chi connectivity index (χ0n) is 34.5. The van der Waals surface area contributed by atoms with Gasteiger partial charge in [-0.15, -0.1) is 0 Å². The fraction of sp³-hybridized carbons (Fsp3) is 0.475. The highest BCUT2D eigenvalue weighted by Crippen LogP contribution is 2.10. The number of aliphatic imine (C=N–C) groups is 2. The first-order chi connectivity index (χ1) is 29.5. The number of hydrogen-bond donors (Lipinski definition) is 13. The molecule has 0 saturated carbocycles. The number of benzene rings is 2. The summed E-state index contributed by atoms with van der Waals surface area (Å²) in [6.45, 7) is 0.359. The third-order valence-electron chi connectivity index (χ3n) is 9.28. The standard InChI is InChI=1S/C40H61N13O9/c41-18-8-7-15-29(38(61)62)51-34(57)27(16-9-19-47-39(43)44)50-37(60)31(23-32(54)55)53-35(58)28(17-10-20-48-40(45)46)49-36(59)30(22-25-13-5-2-6-14-25)52-33(56)26(42)21-24-11-3-1-4-12-24/h1-6,11-14,26-31H,7-10,15-23,41-42H2,(H,49,59)(H,50,60)(H,51,57)(H,52,56)(H,53,58)(H,54,55)(H,61,62)(H4,43,44,47)(H4,45,46,48)/t26-,27-,28-,29-,30-,31-/m0/s1. The second kappa shape index (κ2) is 27.9. The van der Waals surface area contributed by atoms with Gasteiger partial charge in [-0.05, 0) is 69.0 Å². The Kier molecular flexibility index (Phi) is 23.1. The van der Waals surface area contributed by atoms with Crippen molar-refractivity contribution in [2.24, 2.45) is 44.4 Å². The van der Waals surface area contributed by atoms with Gasteiger partial charge in [0, 0.05) is 19.5 Å². The molecule has 0 bridgehead atoms. The predicted molar refractivity (Wildman–Crippen MR) is 231 cm³/mol. The van der Waals surface area contributed by atoms with Gasteiger partial charge < -0.3 is 71.2 Å². The van der Waals surface area contributed by atoms with Gasteiger partial charge in [-0.1, -0.05) is 60.7 Å². The number of amides is 5. The summed E-state index contributed by atoms with van der Waals surface area (Å²) < 4.78 is 0. The van der Waals surface area contributed by atoms with E-state index in [1.807, 2.05) is 6.07 Å². The van der Waals surface area contributed by atoms with Crippen LogP contribution in [0.5, 0.6) is 0 Å². The van der Waals surface area contributed by atoms with E-state index < -0.39 is 84.1 Å². The van der Waals surface area contributed by atoms with Gasteiger partial charge in [-0.2, -0.15) is 0 Å². The SMILES string of the molecule is NCCCC[C@H](NC(=O)[C@H](CCCN=C(N)N)NC(=O)[C@H](CC(=O)O)NC(=O)[C@H](CCCN=C(N)N)NC(=O)[C@H](Cc1ccccc1)NC(=O)[C@@H](N)Cc1ccccc1)C(=O)O. The van der Waals surface area contributed by atoms with Crippen molar-refractivity contribution in [2.75, 3.05) is 19.6 Å². The Hall–Kier alpha value is -6.81. The van der Waals surface area contributed by atoms with Gasteiger partial charge in [0.05, 0.1) is 12.5 Å². The van der Waals surface area contributed by atoms with Gasteiger partial charge in [0.2, 0.25) is 29.5 Å². The lowest BCUT2D eigenvalue weighted by molar-refractivity contribution is -0.143. The number of carboxylic acid groups (broad SMARTS) is 2. The normalized spacial score (nSPS) is 13.6. The summed E-state index contributed by atoms with van der Waals surface area (Å²) in [5.41, 5.74) is 34.9. The topological polar surface area (TPSA) is 401 Å². The molecular formula is C40H61N13O9. The first-order valence-electron chi connectivity index (χ1n) is 20.1. The molecule has 2 rings (SSSR count). The maximum atomic E-state index is 14.0. The third-order valence-corrected chi connectivity index (χ3v) is 9.28. The molecule has 340 valence electrons. The molecule has 19 N–H and O–H groups in total. The van der Waals surface area contributed by atoms with E-state index in [1.165, 1.54) is 0 Å². The number of unbranched alkanes of at least 4 members (excludes halogenated alkanes) is 1. The number of aliphatic carboxylic acids is 2. The summed E-state index contributed by atoms with van der Waals surface area (Å²) in [6.07, 6.45) is 0.123. The number of rotatable bonds is 29. The van der Waals surface area contributed by atoms with Crippen molar-refractivity contribution in [1.82, 2.24) is 26.6 Å². The van der Waals surface area contributed by atoms with Gasteiger partial charge in [0.15, 0.2) is 11.9 Å². The molecule has 22 nitrogen and oxygen atoms in total. The minimum absolute atomic E-state index is 0.00868. The van der Waals surface area contributed by atoms with Crippen LogP contribution in [-0.4, -0.2) is 119 Å². The van der Waals surface area contributed by atoms with Crippen LogP contribution in [0.15, 0.2) is 70.6 Å². The zero-order chi connectivity index (χ0) is 46.0. The van der Waals surface area contributed by atoms with E-state index >= 15 is 0 Å². The van der Waals surface area contributed by atoms with Crippen LogP contribution in [0.2, 0.25) is 0 Å². The van der Waals surface area contributed by atoms with Crippen molar-refractivity contribution < 1.29 is 43.8 Å². The Bertz CT molecular complexity index is 1830. The van der Waals surface area contributed by atoms with E-state index in [9.17, 15) is 43.8 Å².